The lowest BCUT2D eigenvalue weighted by Gasteiger charge is -2.33. The van der Waals surface area contributed by atoms with Gasteiger partial charge in [0.05, 0.1) is 6.61 Å². The Labute approximate surface area is 142 Å². The van der Waals surface area contributed by atoms with Gasteiger partial charge in [0.2, 0.25) is 5.91 Å². The quantitative estimate of drug-likeness (QED) is 0.421. The molecule has 0 aromatic heterocycles. The third-order valence-corrected chi connectivity index (χ3v) is 4.78. The summed E-state index contributed by atoms with van der Waals surface area (Å²) >= 11 is 0. The van der Waals surface area contributed by atoms with Crippen LogP contribution < -0.4 is 16.0 Å². The lowest BCUT2D eigenvalue weighted by atomic mass is 9.77. The molecule has 8 heteroatoms. The third-order valence-electron chi connectivity index (χ3n) is 4.78. The number of hydrogen-bond acceptors (Lipinski definition) is 5. The number of ether oxygens (including phenoxy) is 1. The van der Waals surface area contributed by atoms with Crippen LogP contribution in [0.15, 0.2) is 0 Å². The van der Waals surface area contributed by atoms with Crippen molar-refractivity contribution in [3.05, 3.63) is 0 Å². The molecule has 0 aromatic rings. The van der Waals surface area contributed by atoms with E-state index >= 15 is 0 Å². The lowest BCUT2D eigenvalue weighted by molar-refractivity contribution is -0.136. The maximum absolute atomic E-state index is 12.6. The molecule has 1 heterocycles. The molecule has 1 aliphatic carbocycles. The Bertz CT molecular complexity index is 475. The Morgan fingerprint density at radius 1 is 1.29 bits per heavy atom. The van der Waals surface area contributed by atoms with Crippen molar-refractivity contribution < 1.29 is 19.1 Å². The van der Waals surface area contributed by atoms with E-state index in [-0.39, 0.29) is 18.4 Å². The second-order valence-corrected chi connectivity index (χ2v) is 6.68. The molecule has 1 saturated heterocycles. The van der Waals surface area contributed by atoms with E-state index in [4.69, 9.17) is 4.74 Å². The SMILES string of the molecule is COCCNCCNC(=O)CN1C(=O)NC2(CCC(C)CC2)C1=O. The predicted octanol–water partition coefficient (Wildman–Crippen LogP) is -0.161. The summed E-state index contributed by atoms with van der Waals surface area (Å²) in [5.41, 5.74) is -0.786. The van der Waals surface area contributed by atoms with Gasteiger partial charge in [-0.05, 0) is 31.6 Å². The highest BCUT2D eigenvalue weighted by Crippen LogP contribution is 2.36. The van der Waals surface area contributed by atoms with E-state index in [0.29, 0.717) is 45.0 Å². The fourth-order valence-electron chi connectivity index (χ4n) is 3.20. The average molecular weight is 340 g/mol. The van der Waals surface area contributed by atoms with Gasteiger partial charge in [-0.15, -0.1) is 0 Å². The molecule has 136 valence electrons. The molecule has 24 heavy (non-hydrogen) atoms. The highest BCUT2D eigenvalue weighted by molar-refractivity contribution is 6.09. The molecule has 0 unspecified atom stereocenters. The number of imide groups is 1. The monoisotopic (exact) mass is 340 g/mol. The maximum atomic E-state index is 12.6. The first-order valence-corrected chi connectivity index (χ1v) is 8.59. The Morgan fingerprint density at radius 2 is 2.00 bits per heavy atom. The molecule has 0 bridgehead atoms. The van der Waals surface area contributed by atoms with Crippen molar-refractivity contribution in [2.24, 2.45) is 5.92 Å². The second-order valence-electron chi connectivity index (χ2n) is 6.68. The van der Waals surface area contributed by atoms with Crippen LogP contribution in [0.3, 0.4) is 0 Å². The molecular weight excluding hydrogens is 312 g/mol. The fraction of sp³-hybridized carbons (Fsp3) is 0.812. The molecule has 2 rings (SSSR count). The van der Waals surface area contributed by atoms with Crippen molar-refractivity contribution in [2.75, 3.05) is 39.9 Å². The van der Waals surface area contributed by atoms with Crippen molar-refractivity contribution in [1.82, 2.24) is 20.9 Å². The molecule has 1 saturated carbocycles. The first kappa shape index (κ1) is 18.7. The van der Waals surface area contributed by atoms with Crippen LogP contribution in [0.5, 0.6) is 0 Å². The van der Waals surface area contributed by atoms with Gasteiger partial charge in [0, 0.05) is 26.7 Å². The molecule has 3 N–H and O–H groups in total. The Kier molecular flexibility index (Phi) is 6.56. The van der Waals surface area contributed by atoms with E-state index in [9.17, 15) is 14.4 Å². The molecule has 4 amide bonds. The van der Waals surface area contributed by atoms with E-state index in [0.717, 1.165) is 17.7 Å². The number of carbonyl (C=O) groups is 3. The largest absolute Gasteiger partial charge is 0.383 e. The number of urea groups is 1. The van der Waals surface area contributed by atoms with Crippen LogP contribution in [0, 0.1) is 5.92 Å². The molecule has 0 radical (unpaired) electrons. The van der Waals surface area contributed by atoms with E-state index in [2.05, 4.69) is 22.9 Å². The minimum atomic E-state index is -0.786. The van der Waals surface area contributed by atoms with E-state index < -0.39 is 11.6 Å². The van der Waals surface area contributed by atoms with Crippen molar-refractivity contribution >= 4 is 17.8 Å². The number of amides is 4. The summed E-state index contributed by atoms with van der Waals surface area (Å²) in [5, 5.41) is 8.63. The molecule has 0 atom stereocenters. The van der Waals surface area contributed by atoms with Gasteiger partial charge in [0.15, 0.2) is 0 Å². The molecule has 2 fully saturated rings. The number of methoxy groups -OCH3 is 1. The fourth-order valence-corrected chi connectivity index (χ4v) is 3.20. The van der Waals surface area contributed by atoms with Crippen LogP contribution in [-0.2, 0) is 14.3 Å². The predicted molar refractivity (Wildman–Crippen MR) is 88.4 cm³/mol. The first-order valence-electron chi connectivity index (χ1n) is 8.59. The Morgan fingerprint density at radius 3 is 2.67 bits per heavy atom. The van der Waals surface area contributed by atoms with Crippen LogP contribution in [-0.4, -0.2) is 68.2 Å². The highest BCUT2D eigenvalue weighted by atomic mass is 16.5. The first-order chi connectivity index (χ1) is 11.5. The van der Waals surface area contributed by atoms with Crippen molar-refractivity contribution in [1.29, 1.82) is 0 Å². The summed E-state index contributed by atoms with van der Waals surface area (Å²) in [6, 6.07) is -0.456. The van der Waals surface area contributed by atoms with Crippen LogP contribution >= 0.6 is 0 Å². The van der Waals surface area contributed by atoms with Crippen LogP contribution in [0.2, 0.25) is 0 Å². The standard InChI is InChI=1S/C16H28N4O4/c1-12-3-5-16(6-4-12)14(22)20(15(23)19-16)11-13(21)18-8-7-17-9-10-24-2/h12,17H,3-11H2,1-2H3,(H,18,21)(H,19,23). The van der Waals surface area contributed by atoms with Gasteiger partial charge in [-0.1, -0.05) is 6.92 Å². The minimum Gasteiger partial charge on any atom is -0.383 e. The normalized spacial score (nSPS) is 26.8. The van der Waals surface area contributed by atoms with Crippen molar-refractivity contribution in [3.63, 3.8) is 0 Å². The Balaban J connectivity index is 1.77. The topological polar surface area (TPSA) is 99.8 Å². The number of nitrogens with zero attached hydrogens (tertiary/aromatic N) is 1. The van der Waals surface area contributed by atoms with Gasteiger partial charge in [-0.25, -0.2) is 4.79 Å². The van der Waals surface area contributed by atoms with Crippen LogP contribution in [0.1, 0.15) is 32.6 Å². The summed E-state index contributed by atoms with van der Waals surface area (Å²) in [4.78, 5) is 37.7. The highest BCUT2D eigenvalue weighted by Gasteiger charge is 2.52. The summed E-state index contributed by atoms with van der Waals surface area (Å²) < 4.78 is 4.90. The molecule has 0 aromatic carbocycles. The van der Waals surface area contributed by atoms with Gasteiger partial charge in [0.1, 0.15) is 12.1 Å². The number of nitrogens with one attached hydrogen (secondary N) is 3. The zero-order chi connectivity index (χ0) is 17.6. The van der Waals surface area contributed by atoms with Gasteiger partial charge >= 0.3 is 6.03 Å². The molecule has 8 nitrogen and oxygen atoms in total. The van der Waals surface area contributed by atoms with Gasteiger partial charge in [-0.2, -0.15) is 0 Å². The minimum absolute atomic E-state index is 0.222. The Hall–Kier alpha value is -1.67. The van der Waals surface area contributed by atoms with Gasteiger partial charge in [-0.3, -0.25) is 14.5 Å². The van der Waals surface area contributed by atoms with Crippen molar-refractivity contribution in [3.8, 4) is 0 Å². The summed E-state index contributed by atoms with van der Waals surface area (Å²) in [5.74, 6) is -0.00989. The zero-order valence-electron chi connectivity index (χ0n) is 14.5. The second kappa shape index (κ2) is 8.43. The lowest BCUT2D eigenvalue weighted by Crippen LogP contribution is -2.50. The molecule has 1 aliphatic heterocycles. The smallest absolute Gasteiger partial charge is 0.325 e. The van der Waals surface area contributed by atoms with E-state index in [1.54, 1.807) is 7.11 Å². The van der Waals surface area contributed by atoms with Crippen molar-refractivity contribution in [2.45, 2.75) is 38.1 Å². The maximum Gasteiger partial charge on any atom is 0.325 e. The number of rotatable bonds is 8. The zero-order valence-corrected chi connectivity index (χ0v) is 14.5. The summed E-state index contributed by atoms with van der Waals surface area (Å²) in [6.45, 7) is 4.30. The van der Waals surface area contributed by atoms with Crippen LogP contribution in [0.25, 0.3) is 0 Å². The summed E-state index contributed by atoms with van der Waals surface area (Å²) in [7, 11) is 1.63. The van der Waals surface area contributed by atoms with Gasteiger partial charge in [0.25, 0.3) is 5.91 Å². The van der Waals surface area contributed by atoms with Crippen LogP contribution in [0.4, 0.5) is 4.79 Å². The molecular formula is C16H28N4O4. The average Bonchev–Trinajstić information content (AvgIpc) is 2.78. The number of carbonyl (C=O) groups excluding carboxylic acids is 3. The number of hydrogen-bond donors (Lipinski definition) is 3. The summed E-state index contributed by atoms with van der Waals surface area (Å²) in [6.07, 6.45) is 3.14. The molecule has 2 aliphatic rings. The third kappa shape index (κ3) is 4.45. The molecule has 1 spiro atoms. The van der Waals surface area contributed by atoms with E-state index in [1.165, 1.54) is 0 Å². The van der Waals surface area contributed by atoms with E-state index in [1.807, 2.05) is 0 Å². The van der Waals surface area contributed by atoms with Gasteiger partial charge < -0.3 is 20.7 Å².